The Labute approximate surface area is 110 Å². The molecule has 0 aromatic heterocycles. The second-order valence-corrected chi connectivity index (χ2v) is 4.30. The first-order chi connectivity index (χ1) is 9.20. The Hall–Kier alpha value is -1.98. The van der Waals surface area contributed by atoms with Gasteiger partial charge in [0, 0.05) is 0 Å². The standard InChI is InChI=1S/C14H8F6/c1-7-4-11(16)13(12(17)5-7)8-2-3-9(10(15)6-8)14(18,19)20/h2-6H,1H3. The van der Waals surface area contributed by atoms with Crippen LogP contribution in [-0.4, -0.2) is 0 Å². The van der Waals surface area contributed by atoms with Gasteiger partial charge in [-0.05, 0) is 42.3 Å². The summed E-state index contributed by atoms with van der Waals surface area (Å²) in [6, 6.07) is 3.81. The molecule has 6 heteroatoms. The molecule has 0 nitrogen and oxygen atoms in total. The number of rotatable bonds is 1. The molecule has 0 amide bonds. The summed E-state index contributed by atoms with van der Waals surface area (Å²) in [6.45, 7) is 1.46. The van der Waals surface area contributed by atoms with E-state index in [0.29, 0.717) is 17.7 Å². The SMILES string of the molecule is Cc1cc(F)c(-c2ccc(C(F)(F)F)c(F)c2)c(F)c1. The lowest BCUT2D eigenvalue weighted by Crippen LogP contribution is -2.08. The molecule has 0 aliphatic rings. The number of alkyl halides is 3. The van der Waals surface area contributed by atoms with Crippen molar-refractivity contribution in [3.05, 3.63) is 58.9 Å². The maximum Gasteiger partial charge on any atom is 0.419 e. The van der Waals surface area contributed by atoms with Crippen molar-refractivity contribution in [1.29, 1.82) is 0 Å². The molecule has 0 bridgehead atoms. The smallest absolute Gasteiger partial charge is 0.206 e. The van der Waals surface area contributed by atoms with Crippen LogP contribution in [0.5, 0.6) is 0 Å². The zero-order valence-corrected chi connectivity index (χ0v) is 10.2. The molecule has 2 rings (SSSR count). The highest BCUT2D eigenvalue weighted by atomic mass is 19.4. The zero-order chi connectivity index (χ0) is 15.1. The second-order valence-electron chi connectivity index (χ2n) is 4.30. The number of hydrogen-bond acceptors (Lipinski definition) is 0. The largest absolute Gasteiger partial charge is 0.419 e. The van der Waals surface area contributed by atoms with Gasteiger partial charge < -0.3 is 0 Å². The molecule has 0 N–H and O–H groups in total. The number of halogens is 6. The molecule has 0 aliphatic carbocycles. The molecular weight excluding hydrogens is 282 g/mol. The summed E-state index contributed by atoms with van der Waals surface area (Å²) in [7, 11) is 0. The molecule has 2 aromatic rings. The summed E-state index contributed by atoms with van der Waals surface area (Å²) in [4.78, 5) is 0. The van der Waals surface area contributed by atoms with Crippen LogP contribution in [0.3, 0.4) is 0 Å². The first-order valence-corrected chi connectivity index (χ1v) is 5.53. The maximum atomic E-state index is 13.7. The van der Waals surface area contributed by atoms with Gasteiger partial charge in [0.25, 0.3) is 0 Å². The van der Waals surface area contributed by atoms with Gasteiger partial charge in [0.2, 0.25) is 0 Å². The second kappa shape index (κ2) is 4.85. The van der Waals surface area contributed by atoms with E-state index in [1.54, 1.807) is 0 Å². The lowest BCUT2D eigenvalue weighted by molar-refractivity contribution is -0.139. The van der Waals surface area contributed by atoms with E-state index in [2.05, 4.69) is 0 Å². The number of hydrogen-bond donors (Lipinski definition) is 0. The van der Waals surface area contributed by atoms with Gasteiger partial charge in [-0.2, -0.15) is 13.2 Å². The quantitative estimate of drug-likeness (QED) is 0.641. The Kier molecular flexibility index (Phi) is 3.50. The Balaban J connectivity index is 2.59. The Morgan fingerprint density at radius 2 is 1.35 bits per heavy atom. The monoisotopic (exact) mass is 290 g/mol. The highest BCUT2D eigenvalue weighted by Gasteiger charge is 2.34. The molecule has 0 heterocycles. The van der Waals surface area contributed by atoms with Crippen molar-refractivity contribution < 1.29 is 26.3 Å². The van der Waals surface area contributed by atoms with E-state index < -0.39 is 34.8 Å². The van der Waals surface area contributed by atoms with Gasteiger partial charge in [-0.15, -0.1) is 0 Å². The molecule has 2 aromatic carbocycles. The van der Waals surface area contributed by atoms with Crippen molar-refractivity contribution in [3.63, 3.8) is 0 Å². The summed E-state index contributed by atoms with van der Waals surface area (Å²) >= 11 is 0. The van der Waals surface area contributed by atoms with Crippen LogP contribution >= 0.6 is 0 Å². The van der Waals surface area contributed by atoms with Crippen LogP contribution in [-0.2, 0) is 6.18 Å². The van der Waals surface area contributed by atoms with E-state index in [1.807, 2.05) is 0 Å². The summed E-state index contributed by atoms with van der Waals surface area (Å²) in [5.74, 6) is -3.49. The Bertz CT molecular complexity index is 634. The van der Waals surface area contributed by atoms with E-state index in [4.69, 9.17) is 0 Å². The van der Waals surface area contributed by atoms with E-state index in [-0.39, 0.29) is 5.56 Å². The minimum absolute atomic E-state index is 0.287. The van der Waals surface area contributed by atoms with Gasteiger partial charge >= 0.3 is 6.18 Å². The van der Waals surface area contributed by atoms with E-state index >= 15 is 0 Å². The van der Waals surface area contributed by atoms with Gasteiger partial charge in [0.05, 0.1) is 11.1 Å². The first kappa shape index (κ1) is 14.4. The molecule has 0 fully saturated rings. The summed E-state index contributed by atoms with van der Waals surface area (Å²) < 4.78 is 78.0. The lowest BCUT2D eigenvalue weighted by Gasteiger charge is -2.11. The predicted molar refractivity (Wildman–Crippen MR) is 61.5 cm³/mol. The molecule has 0 saturated carbocycles. The minimum atomic E-state index is -4.85. The van der Waals surface area contributed by atoms with Crippen LogP contribution in [0.15, 0.2) is 30.3 Å². The zero-order valence-electron chi connectivity index (χ0n) is 10.2. The molecule has 0 unspecified atom stereocenters. The Morgan fingerprint density at radius 1 is 0.800 bits per heavy atom. The molecule has 0 aliphatic heterocycles. The fourth-order valence-corrected chi connectivity index (χ4v) is 1.88. The normalized spacial score (nSPS) is 11.8. The van der Waals surface area contributed by atoms with Crippen molar-refractivity contribution in [3.8, 4) is 11.1 Å². The summed E-state index contributed by atoms with van der Waals surface area (Å²) in [6.07, 6.45) is -4.85. The summed E-state index contributed by atoms with van der Waals surface area (Å²) in [5, 5.41) is 0. The molecule has 20 heavy (non-hydrogen) atoms. The van der Waals surface area contributed by atoms with E-state index in [9.17, 15) is 26.3 Å². The van der Waals surface area contributed by atoms with E-state index in [1.165, 1.54) is 6.92 Å². The highest BCUT2D eigenvalue weighted by molar-refractivity contribution is 5.66. The average molecular weight is 290 g/mol. The lowest BCUT2D eigenvalue weighted by atomic mass is 10.0. The van der Waals surface area contributed by atoms with Gasteiger partial charge in [-0.1, -0.05) is 6.07 Å². The van der Waals surface area contributed by atoms with Crippen LogP contribution in [0.2, 0.25) is 0 Å². The molecule has 0 radical (unpaired) electrons. The van der Waals surface area contributed by atoms with Crippen molar-refractivity contribution >= 4 is 0 Å². The van der Waals surface area contributed by atoms with Crippen LogP contribution < -0.4 is 0 Å². The topological polar surface area (TPSA) is 0 Å². The fourth-order valence-electron chi connectivity index (χ4n) is 1.88. The fraction of sp³-hybridized carbons (Fsp3) is 0.143. The highest BCUT2D eigenvalue weighted by Crippen LogP contribution is 2.34. The van der Waals surface area contributed by atoms with Gasteiger partial charge in [-0.3, -0.25) is 0 Å². The van der Waals surface area contributed by atoms with Crippen molar-refractivity contribution in [1.82, 2.24) is 0 Å². The average Bonchev–Trinajstić information content (AvgIpc) is 2.25. The van der Waals surface area contributed by atoms with Gasteiger partial charge in [-0.25, -0.2) is 13.2 Å². The molecular formula is C14H8F6. The Morgan fingerprint density at radius 3 is 1.80 bits per heavy atom. The minimum Gasteiger partial charge on any atom is -0.206 e. The molecule has 0 atom stereocenters. The van der Waals surface area contributed by atoms with E-state index in [0.717, 1.165) is 18.2 Å². The summed E-state index contributed by atoms with van der Waals surface area (Å²) in [5.41, 5.74) is -2.00. The van der Waals surface area contributed by atoms with Gasteiger partial charge in [0.15, 0.2) is 0 Å². The van der Waals surface area contributed by atoms with Crippen LogP contribution in [0, 0.1) is 24.4 Å². The van der Waals surface area contributed by atoms with Gasteiger partial charge in [0.1, 0.15) is 17.5 Å². The number of aryl methyl sites for hydroxylation is 1. The predicted octanol–water partition coefficient (Wildman–Crippen LogP) is 5.10. The van der Waals surface area contributed by atoms with Crippen molar-refractivity contribution in [2.45, 2.75) is 13.1 Å². The van der Waals surface area contributed by atoms with Crippen molar-refractivity contribution in [2.75, 3.05) is 0 Å². The third-order valence-electron chi connectivity index (χ3n) is 2.75. The van der Waals surface area contributed by atoms with Crippen LogP contribution in [0.4, 0.5) is 26.3 Å². The van der Waals surface area contributed by atoms with Crippen molar-refractivity contribution in [2.24, 2.45) is 0 Å². The molecule has 0 spiro atoms. The third-order valence-corrected chi connectivity index (χ3v) is 2.75. The maximum absolute atomic E-state index is 13.7. The third kappa shape index (κ3) is 2.64. The molecule has 106 valence electrons. The van der Waals surface area contributed by atoms with Crippen LogP contribution in [0.25, 0.3) is 11.1 Å². The number of benzene rings is 2. The first-order valence-electron chi connectivity index (χ1n) is 5.53. The van der Waals surface area contributed by atoms with Crippen LogP contribution in [0.1, 0.15) is 11.1 Å². The molecule has 0 saturated heterocycles.